The first-order chi connectivity index (χ1) is 11.1. The Labute approximate surface area is 129 Å². The van der Waals surface area contributed by atoms with Gasteiger partial charge in [0.15, 0.2) is 17.1 Å². The molecule has 1 aromatic heterocycles. The zero-order chi connectivity index (χ0) is 16.0. The van der Waals surface area contributed by atoms with Crippen LogP contribution in [0.15, 0.2) is 69.9 Å². The van der Waals surface area contributed by atoms with Gasteiger partial charge < -0.3 is 4.42 Å². The lowest BCUT2D eigenvalue weighted by atomic mass is 10.1. The van der Waals surface area contributed by atoms with Crippen molar-refractivity contribution in [1.82, 2.24) is 0 Å². The van der Waals surface area contributed by atoms with Gasteiger partial charge in [0.05, 0.1) is 5.39 Å². The highest BCUT2D eigenvalue weighted by molar-refractivity contribution is 6.04. The predicted octanol–water partition coefficient (Wildman–Crippen LogP) is 4.89. The normalized spacial score (nSPS) is 11.2. The van der Waals surface area contributed by atoms with E-state index < -0.39 is 11.6 Å². The second-order valence-corrected chi connectivity index (χ2v) is 5.27. The molecule has 0 N–H and O–H groups in total. The molecule has 0 amide bonds. The van der Waals surface area contributed by atoms with Gasteiger partial charge >= 0.3 is 0 Å². The number of halogens is 2. The Bertz CT molecular complexity index is 1110. The van der Waals surface area contributed by atoms with Crippen LogP contribution in [0.3, 0.4) is 0 Å². The summed E-state index contributed by atoms with van der Waals surface area (Å²) in [7, 11) is 0. The Morgan fingerprint density at radius 2 is 1.61 bits per heavy atom. The lowest BCUT2D eigenvalue weighted by Crippen LogP contribution is -2.00. The fourth-order valence-corrected chi connectivity index (χ4v) is 2.67. The Hall–Kier alpha value is -3.01. The summed E-state index contributed by atoms with van der Waals surface area (Å²) in [5.74, 6) is -1.72. The van der Waals surface area contributed by atoms with Gasteiger partial charge in [-0.25, -0.2) is 8.78 Å². The maximum absolute atomic E-state index is 13.4. The third-order valence-corrected chi connectivity index (χ3v) is 3.82. The van der Waals surface area contributed by atoms with E-state index in [1.54, 1.807) is 6.07 Å². The fourth-order valence-electron chi connectivity index (χ4n) is 2.67. The number of benzene rings is 3. The minimum Gasteiger partial charge on any atom is -0.455 e. The molecule has 2 nitrogen and oxygen atoms in total. The Balaban J connectivity index is 2.07. The quantitative estimate of drug-likeness (QED) is 0.469. The van der Waals surface area contributed by atoms with E-state index in [1.807, 2.05) is 30.3 Å². The molecule has 23 heavy (non-hydrogen) atoms. The smallest absolute Gasteiger partial charge is 0.193 e. The van der Waals surface area contributed by atoms with Crippen LogP contribution in [0.25, 0.3) is 33.1 Å². The van der Waals surface area contributed by atoms with E-state index >= 15 is 0 Å². The van der Waals surface area contributed by atoms with Gasteiger partial charge in [-0.1, -0.05) is 30.3 Å². The van der Waals surface area contributed by atoms with Gasteiger partial charge in [-0.3, -0.25) is 4.79 Å². The molecule has 0 aliphatic heterocycles. The zero-order valence-electron chi connectivity index (χ0n) is 11.8. The molecule has 0 saturated heterocycles. The van der Waals surface area contributed by atoms with Gasteiger partial charge in [-0.05, 0) is 29.7 Å². The van der Waals surface area contributed by atoms with E-state index in [4.69, 9.17) is 4.42 Å². The van der Waals surface area contributed by atoms with Gasteiger partial charge in [0, 0.05) is 17.0 Å². The number of hydrogen-bond donors (Lipinski definition) is 0. The van der Waals surface area contributed by atoms with Crippen LogP contribution in [0.4, 0.5) is 8.78 Å². The summed E-state index contributed by atoms with van der Waals surface area (Å²) in [5.41, 5.74) is 0.530. The van der Waals surface area contributed by atoms with Crippen molar-refractivity contribution < 1.29 is 13.2 Å². The maximum atomic E-state index is 13.4. The van der Waals surface area contributed by atoms with Crippen molar-refractivity contribution in [2.75, 3.05) is 0 Å². The lowest BCUT2D eigenvalue weighted by molar-refractivity contribution is 0.508. The molecule has 0 radical (unpaired) electrons. The molecular weight excluding hydrogens is 298 g/mol. The summed E-state index contributed by atoms with van der Waals surface area (Å²) in [6.07, 6.45) is 0. The highest BCUT2D eigenvalue weighted by atomic mass is 19.2. The maximum Gasteiger partial charge on any atom is 0.193 e. The van der Waals surface area contributed by atoms with Crippen molar-refractivity contribution in [3.05, 3.63) is 82.5 Å². The van der Waals surface area contributed by atoms with Gasteiger partial charge in [-0.15, -0.1) is 0 Å². The van der Waals surface area contributed by atoms with Crippen molar-refractivity contribution in [2.45, 2.75) is 0 Å². The van der Waals surface area contributed by atoms with Crippen molar-refractivity contribution >= 4 is 21.7 Å². The molecule has 4 rings (SSSR count). The highest BCUT2D eigenvalue weighted by Gasteiger charge is 2.11. The summed E-state index contributed by atoms with van der Waals surface area (Å²) in [6.45, 7) is 0. The van der Waals surface area contributed by atoms with Gasteiger partial charge in [0.1, 0.15) is 11.3 Å². The molecule has 3 aromatic carbocycles. The lowest BCUT2D eigenvalue weighted by Gasteiger charge is -2.06. The van der Waals surface area contributed by atoms with Crippen molar-refractivity contribution in [3.8, 4) is 11.3 Å². The van der Waals surface area contributed by atoms with Gasteiger partial charge in [0.25, 0.3) is 0 Å². The van der Waals surface area contributed by atoms with Crippen LogP contribution < -0.4 is 5.43 Å². The van der Waals surface area contributed by atoms with E-state index in [0.29, 0.717) is 16.5 Å². The monoisotopic (exact) mass is 308 g/mol. The molecule has 112 valence electrons. The number of hydrogen-bond acceptors (Lipinski definition) is 2. The Morgan fingerprint density at radius 3 is 2.43 bits per heavy atom. The third-order valence-electron chi connectivity index (χ3n) is 3.82. The highest BCUT2D eigenvalue weighted by Crippen LogP contribution is 2.28. The Morgan fingerprint density at radius 1 is 0.783 bits per heavy atom. The van der Waals surface area contributed by atoms with Crippen LogP contribution in [0.2, 0.25) is 0 Å². The minimum atomic E-state index is -0.983. The molecule has 0 fully saturated rings. The second-order valence-electron chi connectivity index (χ2n) is 5.27. The molecule has 0 atom stereocenters. The second kappa shape index (κ2) is 5.02. The van der Waals surface area contributed by atoms with E-state index in [2.05, 4.69) is 0 Å². The van der Waals surface area contributed by atoms with Gasteiger partial charge in [-0.2, -0.15) is 0 Å². The molecule has 1 heterocycles. The molecule has 0 saturated carbocycles. The van der Waals surface area contributed by atoms with E-state index in [0.717, 1.165) is 22.9 Å². The SMILES string of the molecule is O=c1cc(-c2ccc(F)c(F)c2)oc2c1ccc1ccccc12. The number of rotatable bonds is 1. The third kappa shape index (κ3) is 2.19. The van der Waals surface area contributed by atoms with Crippen LogP contribution in [0.1, 0.15) is 0 Å². The van der Waals surface area contributed by atoms with Gasteiger partial charge in [0.2, 0.25) is 0 Å². The molecule has 0 unspecified atom stereocenters. The molecule has 0 aliphatic carbocycles. The van der Waals surface area contributed by atoms with Crippen LogP contribution in [-0.4, -0.2) is 0 Å². The first-order valence-corrected chi connectivity index (χ1v) is 7.04. The summed E-state index contributed by atoms with van der Waals surface area (Å²) >= 11 is 0. The molecule has 0 bridgehead atoms. The first-order valence-electron chi connectivity index (χ1n) is 7.04. The van der Waals surface area contributed by atoms with E-state index in [-0.39, 0.29) is 11.2 Å². The summed E-state index contributed by atoms with van der Waals surface area (Å²) < 4.78 is 32.4. The largest absolute Gasteiger partial charge is 0.455 e. The van der Waals surface area contributed by atoms with Crippen molar-refractivity contribution in [2.24, 2.45) is 0 Å². The van der Waals surface area contributed by atoms with Crippen molar-refractivity contribution in [1.29, 1.82) is 0 Å². The Kier molecular flexibility index (Phi) is 2.98. The summed E-state index contributed by atoms with van der Waals surface area (Å²) in [4.78, 5) is 12.3. The predicted molar refractivity (Wildman–Crippen MR) is 85.3 cm³/mol. The fraction of sp³-hybridized carbons (Fsp3) is 0. The first kappa shape index (κ1) is 13.6. The van der Waals surface area contributed by atoms with Crippen LogP contribution in [-0.2, 0) is 0 Å². The summed E-state index contributed by atoms with van der Waals surface area (Å²) in [6, 6.07) is 15.8. The van der Waals surface area contributed by atoms with Crippen LogP contribution in [0.5, 0.6) is 0 Å². The molecule has 4 aromatic rings. The average Bonchev–Trinajstić information content (AvgIpc) is 2.57. The van der Waals surface area contributed by atoms with Crippen LogP contribution in [0, 0.1) is 11.6 Å². The standard InChI is InChI=1S/C19H10F2O2/c20-15-8-6-12(9-16(15)21)18-10-17(22)14-7-5-11-3-1-2-4-13(11)19(14)23-18/h1-10H. The van der Waals surface area contributed by atoms with Crippen molar-refractivity contribution in [3.63, 3.8) is 0 Å². The number of fused-ring (bicyclic) bond motifs is 3. The molecular formula is C19H10F2O2. The molecule has 0 spiro atoms. The zero-order valence-corrected chi connectivity index (χ0v) is 11.8. The average molecular weight is 308 g/mol. The van der Waals surface area contributed by atoms with E-state index in [9.17, 15) is 13.6 Å². The topological polar surface area (TPSA) is 30.2 Å². The van der Waals surface area contributed by atoms with E-state index in [1.165, 1.54) is 12.1 Å². The molecule has 0 aliphatic rings. The summed E-state index contributed by atoms with van der Waals surface area (Å²) in [5, 5.41) is 2.19. The molecule has 4 heteroatoms. The minimum absolute atomic E-state index is 0.206. The van der Waals surface area contributed by atoms with Crippen LogP contribution >= 0.6 is 0 Å².